The molecule has 0 aromatic carbocycles. The third-order valence-electron chi connectivity index (χ3n) is 2.72. The Morgan fingerprint density at radius 2 is 2.25 bits per heavy atom. The number of nitriles is 1. The summed E-state index contributed by atoms with van der Waals surface area (Å²) in [5.74, 6) is 0.540. The summed E-state index contributed by atoms with van der Waals surface area (Å²) in [5, 5.41) is 8.72. The van der Waals surface area contributed by atoms with Crippen molar-refractivity contribution in [2.45, 2.75) is 12.8 Å². The number of likely N-dealkylation sites (tertiary alicyclic amines) is 1. The average Bonchev–Trinajstić information content (AvgIpc) is 2.82. The standard InChI is InChI=1S/C12H15N3O/c13-10-11-3-4-14-12(9-11)16-8-7-15-5-1-2-6-15/h3-4,9H,1-2,5-8H2. The van der Waals surface area contributed by atoms with Gasteiger partial charge in [-0.05, 0) is 32.0 Å². The lowest BCUT2D eigenvalue weighted by atomic mass is 10.3. The third-order valence-corrected chi connectivity index (χ3v) is 2.72. The largest absolute Gasteiger partial charge is 0.476 e. The second-order valence-electron chi connectivity index (χ2n) is 3.89. The van der Waals surface area contributed by atoms with Gasteiger partial charge in [0, 0.05) is 18.8 Å². The van der Waals surface area contributed by atoms with E-state index in [0.717, 1.165) is 6.54 Å². The zero-order valence-electron chi connectivity index (χ0n) is 9.22. The Hall–Kier alpha value is -1.60. The summed E-state index contributed by atoms with van der Waals surface area (Å²) in [5.41, 5.74) is 0.589. The molecule has 2 rings (SSSR count). The molecule has 1 fully saturated rings. The van der Waals surface area contributed by atoms with Gasteiger partial charge in [-0.2, -0.15) is 5.26 Å². The molecule has 0 amide bonds. The molecule has 1 aromatic heterocycles. The van der Waals surface area contributed by atoms with E-state index in [1.54, 1.807) is 18.3 Å². The molecular weight excluding hydrogens is 202 g/mol. The van der Waals surface area contributed by atoms with E-state index in [2.05, 4.69) is 16.0 Å². The molecule has 0 N–H and O–H groups in total. The van der Waals surface area contributed by atoms with Crippen LogP contribution in [-0.4, -0.2) is 36.1 Å². The van der Waals surface area contributed by atoms with Crippen LogP contribution in [0, 0.1) is 11.3 Å². The van der Waals surface area contributed by atoms with Gasteiger partial charge < -0.3 is 4.74 Å². The molecule has 84 valence electrons. The number of pyridine rings is 1. The molecule has 4 nitrogen and oxygen atoms in total. The predicted octanol–water partition coefficient (Wildman–Crippen LogP) is 1.43. The van der Waals surface area contributed by atoms with Gasteiger partial charge in [-0.3, -0.25) is 4.90 Å². The van der Waals surface area contributed by atoms with E-state index in [4.69, 9.17) is 10.00 Å². The van der Waals surface area contributed by atoms with Crippen LogP contribution in [0.1, 0.15) is 18.4 Å². The number of rotatable bonds is 4. The van der Waals surface area contributed by atoms with Crippen molar-refractivity contribution in [2.24, 2.45) is 0 Å². The SMILES string of the molecule is N#Cc1ccnc(OCCN2CCCC2)c1. The van der Waals surface area contributed by atoms with E-state index in [1.807, 2.05) is 0 Å². The van der Waals surface area contributed by atoms with Gasteiger partial charge in [0.2, 0.25) is 5.88 Å². The van der Waals surface area contributed by atoms with Gasteiger partial charge in [0.15, 0.2) is 0 Å². The van der Waals surface area contributed by atoms with Gasteiger partial charge >= 0.3 is 0 Å². The molecule has 0 aliphatic carbocycles. The van der Waals surface area contributed by atoms with Gasteiger partial charge in [-0.25, -0.2) is 4.98 Å². The first-order valence-corrected chi connectivity index (χ1v) is 5.60. The third kappa shape index (κ3) is 2.94. The van der Waals surface area contributed by atoms with Crippen molar-refractivity contribution in [3.05, 3.63) is 23.9 Å². The molecule has 0 saturated carbocycles. The Balaban J connectivity index is 1.78. The van der Waals surface area contributed by atoms with Crippen molar-refractivity contribution in [1.29, 1.82) is 5.26 Å². The van der Waals surface area contributed by atoms with Crippen molar-refractivity contribution >= 4 is 0 Å². The van der Waals surface area contributed by atoms with Gasteiger partial charge in [-0.15, -0.1) is 0 Å². The van der Waals surface area contributed by atoms with Crippen molar-refractivity contribution in [3.8, 4) is 11.9 Å². The molecule has 4 heteroatoms. The van der Waals surface area contributed by atoms with Gasteiger partial charge in [0.25, 0.3) is 0 Å². The van der Waals surface area contributed by atoms with Gasteiger partial charge in [-0.1, -0.05) is 0 Å². The fraction of sp³-hybridized carbons (Fsp3) is 0.500. The molecular formula is C12H15N3O. The highest BCUT2D eigenvalue weighted by Crippen LogP contribution is 2.09. The minimum Gasteiger partial charge on any atom is -0.476 e. The molecule has 0 radical (unpaired) electrons. The molecule has 0 spiro atoms. The minimum atomic E-state index is 0.540. The van der Waals surface area contributed by atoms with Crippen LogP contribution in [-0.2, 0) is 0 Å². The molecule has 1 aliphatic rings. The Morgan fingerprint density at radius 1 is 1.44 bits per heavy atom. The van der Waals surface area contributed by atoms with Crippen LogP contribution in [0.15, 0.2) is 18.3 Å². The zero-order chi connectivity index (χ0) is 11.2. The quantitative estimate of drug-likeness (QED) is 0.765. The monoisotopic (exact) mass is 217 g/mol. The molecule has 2 heterocycles. The fourth-order valence-electron chi connectivity index (χ4n) is 1.84. The number of hydrogen-bond acceptors (Lipinski definition) is 4. The van der Waals surface area contributed by atoms with Crippen LogP contribution in [0.2, 0.25) is 0 Å². The highest BCUT2D eigenvalue weighted by Gasteiger charge is 2.10. The maximum absolute atomic E-state index is 8.72. The summed E-state index contributed by atoms with van der Waals surface area (Å²) in [4.78, 5) is 6.44. The Morgan fingerprint density at radius 3 is 3.00 bits per heavy atom. The maximum Gasteiger partial charge on any atom is 0.214 e. The lowest BCUT2D eigenvalue weighted by Crippen LogP contribution is -2.25. The van der Waals surface area contributed by atoms with E-state index in [0.29, 0.717) is 18.1 Å². The van der Waals surface area contributed by atoms with E-state index in [-0.39, 0.29) is 0 Å². The predicted molar refractivity (Wildman–Crippen MR) is 60.1 cm³/mol. The van der Waals surface area contributed by atoms with Crippen molar-refractivity contribution in [3.63, 3.8) is 0 Å². The first kappa shape index (κ1) is 10.9. The smallest absolute Gasteiger partial charge is 0.214 e. The summed E-state index contributed by atoms with van der Waals surface area (Å²) >= 11 is 0. The number of nitrogens with zero attached hydrogens (tertiary/aromatic N) is 3. The lowest BCUT2D eigenvalue weighted by molar-refractivity contribution is 0.232. The second kappa shape index (κ2) is 5.47. The Labute approximate surface area is 95.5 Å². The number of hydrogen-bond donors (Lipinski definition) is 0. The summed E-state index contributed by atoms with van der Waals surface area (Å²) in [6.45, 7) is 3.93. The van der Waals surface area contributed by atoms with Gasteiger partial charge in [0.05, 0.1) is 11.6 Å². The van der Waals surface area contributed by atoms with Crippen LogP contribution in [0.5, 0.6) is 5.88 Å². The summed E-state index contributed by atoms with van der Waals surface area (Å²) in [6.07, 6.45) is 4.19. The van der Waals surface area contributed by atoms with Crippen molar-refractivity contribution in [1.82, 2.24) is 9.88 Å². The van der Waals surface area contributed by atoms with E-state index in [9.17, 15) is 0 Å². The van der Waals surface area contributed by atoms with E-state index >= 15 is 0 Å². The molecule has 1 saturated heterocycles. The molecule has 0 bridgehead atoms. The molecule has 1 aromatic rings. The summed E-state index contributed by atoms with van der Waals surface area (Å²) in [7, 11) is 0. The highest BCUT2D eigenvalue weighted by molar-refractivity contribution is 5.31. The molecule has 16 heavy (non-hydrogen) atoms. The molecule has 0 atom stereocenters. The van der Waals surface area contributed by atoms with Crippen molar-refractivity contribution < 1.29 is 4.74 Å². The summed E-state index contributed by atoms with van der Waals surface area (Å²) < 4.78 is 5.51. The van der Waals surface area contributed by atoms with Crippen LogP contribution >= 0.6 is 0 Å². The zero-order valence-corrected chi connectivity index (χ0v) is 9.22. The first-order chi connectivity index (χ1) is 7.88. The second-order valence-corrected chi connectivity index (χ2v) is 3.89. The van der Waals surface area contributed by atoms with Gasteiger partial charge in [0.1, 0.15) is 6.61 Å². The highest BCUT2D eigenvalue weighted by atomic mass is 16.5. The average molecular weight is 217 g/mol. The maximum atomic E-state index is 8.72. The van der Waals surface area contributed by atoms with Crippen LogP contribution in [0.3, 0.4) is 0 Å². The Bertz CT molecular complexity index is 380. The van der Waals surface area contributed by atoms with E-state index in [1.165, 1.54) is 25.9 Å². The van der Waals surface area contributed by atoms with Crippen LogP contribution in [0.25, 0.3) is 0 Å². The molecule has 1 aliphatic heterocycles. The first-order valence-electron chi connectivity index (χ1n) is 5.60. The number of aromatic nitrogens is 1. The van der Waals surface area contributed by atoms with Crippen LogP contribution < -0.4 is 4.74 Å². The lowest BCUT2D eigenvalue weighted by Gasteiger charge is -2.14. The fourth-order valence-corrected chi connectivity index (χ4v) is 1.84. The minimum absolute atomic E-state index is 0.540. The topological polar surface area (TPSA) is 49.1 Å². The van der Waals surface area contributed by atoms with Crippen molar-refractivity contribution in [2.75, 3.05) is 26.2 Å². The number of ether oxygens (including phenoxy) is 1. The Kier molecular flexibility index (Phi) is 3.73. The summed E-state index contributed by atoms with van der Waals surface area (Å²) in [6, 6.07) is 5.41. The molecule has 0 unspecified atom stereocenters. The van der Waals surface area contributed by atoms with Crippen LogP contribution in [0.4, 0.5) is 0 Å². The normalized spacial score (nSPS) is 15.9. The van der Waals surface area contributed by atoms with E-state index < -0.39 is 0 Å².